The van der Waals surface area contributed by atoms with Crippen molar-refractivity contribution in [3.8, 4) is 0 Å². The van der Waals surface area contributed by atoms with E-state index in [-0.39, 0.29) is 0 Å². The standard InChI is InChI=1S/C8H12INS/c9-3-1-4-10-6-8-2-5-11-7-8/h2,5,7,10H,1,3-4,6H2. The van der Waals surface area contributed by atoms with Crippen LogP contribution in [0.2, 0.25) is 0 Å². The second-order valence-electron chi connectivity index (χ2n) is 2.35. The summed E-state index contributed by atoms with van der Waals surface area (Å²) in [6.45, 7) is 2.17. The quantitative estimate of drug-likeness (QED) is 0.497. The van der Waals surface area contributed by atoms with Crippen LogP contribution >= 0.6 is 33.9 Å². The van der Waals surface area contributed by atoms with E-state index in [1.54, 1.807) is 11.3 Å². The van der Waals surface area contributed by atoms with Gasteiger partial charge in [-0.2, -0.15) is 11.3 Å². The molecule has 0 bridgehead atoms. The summed E-state index contributed by atoms with van der Waals surface area (Å²) in [4.78, 5) is 0. The monoisotopic (exact) mass is 281 g/mol. The summed E-state index contributed by atoms with van der Waals surface area (Å²) in [6.07, 6.45) is 1.27. The van der Waals surface area contributed by atoms with E-state index in [0.717, 1.165) is 13.1 Å². The molecule has 1 nitrogen and oxygen atoms in total. The van der Waals surface area contributed by atoms with E-state index in [2.05, 4.69) is 44.7 Å². The fourth-order valence-corrected chi connectivity index (χ4v) is 1.87. The second kappa shape index (κ2) is 5.97. The van der Waals surface area contributed by atoms with Crippen LogP contribution in [0.4, 0.5) is 0 Å². The van der Waals surface area contributed by atoms with Crippen LogP contribution < -0.4 is 5.32 Å². The van der Waals surface area contributed by atoms with Gasteiger partial charge in [0.25, 0.3) is 0 Å². The lowest BCUT2D eigenvalue weighted by atomic mass is 10.3. The van der Waals surface area contributed by atoms with Gasteiger partial charge in [-0.1, -0.05) is 22.6 Å². The topological polar surface area (TPSA) is 12.0 Å². The highest BCUT2D eigenvalue weighted by Crippen LogP contribution is 2.04. The summed E-state index contributed by atoms with van der Waals surface area (Å²) in [5.41, 5.74) is 1.41. The first-order valence-corrected chi connectivity index (χ1v) is 6.18. The first-order chi connectivity index (χ1) is 5.43. The highest BCUT2D eigenvalue weighted by Gasteiger charge is 1.90. The van der Waals surface area contributed by atoms with Crippen LogP contribution in [0, 0.1) is 0 Å². The second-order valence-corrected chi connectivity index (χ2v) is 4.21. The molecule has 0 aromatic carbocycles. The molecule has 1 aromatic rings. The lowest BCUT2D eigenvalue weighted by Crippen LogP contribution is -2.14. The molecule has 3 heteroatoms. The normalized spacial score (nSPS) is 10.3. The van der Waals surface area contributed by atoms with Gasteiger partial charge in [0.15, 0.2) is 0 Å². The lowest BCUT2D eigenvalue weighted by Gasteiger charge is -1.99. The molecule has 62 valence electrons. The molecular formula is C8H12INS. The maximum atomic E-state index is 3.39. The van der Waals surface area contributed by atoms with E-state index in [1.165, 1.54) is 16.4 Å². The van der Waals surface area contributed by atoms with E-state index >= 15 is 0 Å². The first-order valence-electron chi connectivity index (χ1n) is 3.71. The highest BCUT2D eigenvalue weighted by molar-refractivity contribution is 14.1. The summed E-state index contributed by atoms with van der Waals surface area (Å²) in [5, 5.41) is 7.70. The molecular weight excluding hydrogens is 269 g/mol. The third kappa shape index (κ3) is 4.08. The van der Waals surface area contributed by atoms with Crippen LogP contribution in [-0.2, 0) is 6.54 Å². The molecule has 0 saturated carbocycles. The Morgan fingerprint density at radius 1 is 1.55 bits per heavy atom. The minimum Gasteiger partial charge on any atom is -0.313 e. The molecule has 0 radical (unpaired) electrons. The van der Waals surface area contributed by atoms with Crippen LogP contribution in [0.3, 0.4) is 0 Å². The molecule has 0 aliphatic carbocycles. The molecule has 1 rings (SSSR count). The summed E-state index contributed by atoms with van der Waals surface area (Å²) in [5.74, 6) is 0. The van der Waals surface area contributed by atoms with E-state index < -0.39 is 0 Å². The average Bonchev–Trinajstić information content (AvgIpc) is 2.50. The van der Waals surface area contributed by atoms with Gasteiger partial charge in [-0.05, 0) is 35.4 Å². The maximum Gasteiger partial charge on any atom is 0.0213 e. The van der Waals surface area contributed by atoms with Crippen molar-refractivity contribution in [1.29, 1.82) is 0 Å². The Bertz CT molecular complexity index is 174. The zero-order valence-corrected chi connectivity index (χ0v) is 9.32. The predicted molar refractivity (Wildman–Crippen MR) is 59.5 cm³/mol. The van der Waals surface area contributed by atoms with Crippen molar-refractivity contribution in [3.63, 3.8) is 0 Å². The Hall–Kier alpha value is 0.390. The fourth-order valence-electron chi connectivity index (χ4n) is 0.818. The molecule has 1 aromatic heterocycles. The average molecular weight is 281 g/mol. The Kier molecular flexibility index (Phi) is 5.14. The van der Waals surface area contributed by atoms with Crippen LogP contribution in [0.5, 0.6) is 0 Å². The molecule has 0 amide bonds. The Balaban J connectivity index is 2.04. The Morgan fingerprint density at radius 3 is 3.09 bits per heavy atom. The van der Waals surface area contributed by atoms with E-state index in [1.807, 2.05) is 0 Å². The smallest absolute Gasteiger partial charge is 0.0213 e. The van der Waals surface area contributed by atoms with Crippen LogP contribution in [0.15, 0.2) is 16.8 Å². The van der Waals surface area contributed by atoms with Crippen molar-refractivity contribution >= 4 is 33.9 Å². The SMILES string of the molecule is ICCCNCc1ccsc1. The number of nitrogens with one attached hydrogen (secondary N) is 1. The summed E-state index contributed by atoms with van der Waals surface area (Å²) in [6, 6.07) is 2.17. The van der Waals surface area contributed by atoms with Gasteiger partial charge in [0.2, 0.25) is 0 Å². The number of rotatable bonds is 5. The van der Waals surface area contributed by atoms with Crippen molar-refractivity contribution in [2.75, 3.05) is 11.0 Å². The van der Waals surface area contributed by atoms with E-state index in [9.17, 15) is 0 Å². The molecule has 1 heterocycles. The van der Waals surface area contributed by atoms with Crippen molar-refractivity contribution < 1.29 is 0 Å². The van der Waals surface area contributed by atoms with Crippen LogP contribution in [-0.4, -0.2) is 11.0 Å². The van der Waals surface area contributed by atoms with Gasteiger partial charge >= 0.3 is 0 Å². The van der Waals surface area contributed by atoms with Crippen LogP contribution in [0.1, 0.15) is 12.0 Å². The molecule has 0 saturated heterocycles. The predicted octanol–water partition coefficient (Wildman–Crippen LogP) is 2.66. The van der Waals surface area contributed by atoms with E-state index in [0.29, 0.717) is 0 Å². The van der Waals surface area contributed by atoms with Crippen molar-refractivity contribution in [3.05, 3.63) is 22.4 Å². The molecule has 0 unspecified atom stereocenters. The minimum atomic E-state index is 1.03. The van der Waals surface area contributed by atoms with Crippen molar-refractivity contribution in [2.24, 2.45) is 0 Å². The molecule has 0 aliphatic rings. The van der Waals surface area contributed by atoms with Gasteiger partial charge < -0.3 is 5.32 Å². The molecule has 1 N–H and O–H groups in total. The summed E-state index contributed by atoms with van der Waals surface area (Å²) >= 11 is 4.16. The third-order valence-electron chi connectivity index (χ3n) is 1.40. The number of thiophene rings is 1. The van der Waals surface area contributed by atoms with Crippen molar-refractivity contribution in [2.45, 2.75) is 13.0 Å². The number of hydrogen-bond donors (Lipinski definition) is 1. The number of halogens is 1. The third-order valence-corrected chi connectivity index (χ3v) is 2.89. The summed E-state index contributed by atoms with van der Waals surface area (Å²) in [7, 11) is 0. The molecule has 0 aliphatic heterocycles. The van der Waals surface area contributed by atoms with Crippen molar-refractivity contribution in [1.82, 2.24) is 5.32 Å². The maximum absolute atomic E-state index is 3.39. The van der Waals surface area contributed by atoms with Gasteiger partial charge in [0.05, 0.1) is 0 Å². The zero-order chi connectivity index (χ0) is 7.94. The van der Waals surface area contributed by atoms with Gasteiger partial charge in [-0.15, -0.1) is 0 Å². The fraction of sp³-hybridized carbons (Fsp3) is 0.500. The molecule has 0 spiro atoms. The molecule has 0 atom stereocenters. The molecule has 11 heavy (non-hydrogen) atoms. The van der Waals surface area contributed by atoms with Crippen LogP contribution in [0.25, 0.3) is 0 Å². The molecule has 0 fully saturated rings. The van der Waals surface area contributed by atoms with Gasteiger partial charge in [-0.3, -0.25) is 0 Å². The number of hydrogen-bond acceptors (Lipinski definition) is 2. The number of alkyl halides is 1. The first kappa shape index (κ1) is 9.48. The Morgan fingerprint density at radius 2 is 2.45 bits per heavy atom. The minimum absolute atomic E-state index is 1.03. The Labute approximate surface area is 85.3 Å². The van der Waals surface area contributed by atoms with Gasteiger partial charge in [0.1, 0.15) is 0 Å². The lowest BCUT2D eigenvalue weighted by molar-refractivity contribution is 0.683. The van der Waals surface area contributed by atoms with Gasteiger partial charge in [0, 0.05) is 11.0 Å². The summed E-state index contributed by atoms with van der Waals surface area (Å²) < 4.78 is 1.24. The zero-order valence-electron chi connectivity index (χ0n) is 6.35. The highest BCUT2D eigenvalue weighted by atomic mass is 127. The largest absolute Gasteiger partial charge is 0.313 e. The van der Waals surface area contributed by atoms with Gasteiger partial charge in [-0.25, -0.2) is 0 Å². The van der Waals surface area contributed by atoms with E-state index in [4.69, 9.17) is 0 Å².